The van der Waals surface area contributed by atoms with Crippen molar-refractivity contribution < 1.29 is 4.74 Å². The Kier molecular flexibility index (Phi) is 9.43. The van der Waals surface area contributed by atoms with Crippen LogP contribution >= 0.6 is 0 Å². The van der Waals surface area contributed by atoms with Gasteiger partial charge in [-0.25, -0.2) is 4.98 Å². The molecule has 9 rings (SSSR count). The van der Waals surface area contributed by atoms with Gasteiger partial charge < -0.3 is 14.5 Å². The summed E-state index contributed by atoms with van der Waals surface area (Å²) in [5, 5.41) is 2.35. The highest BCUT2D eigenvalue weighted by Gasteiger charge is 2.32. The number of aromatic nitrogens is 2. The van der Waals surface area contributed by atoms with Gasteiger partial charge in [0.15, 0.2) is 0 Å². The van der Waals surface area contributed by atoms with E-state index in [-0.39, 0.29) is 10.8 Å². The van der Waals surface area contributed by atoms with E-state index in [1.807, 2.05) is 6.20 Å². The van der Waals surface area contributed by atoms with Crippen molar-refractivity contribution in [1.82, 2.24) is 9.55 Å². The SMILES string of the molecule is Cc1cccc(C)c1-c1cc(Oc2ccc3c4ccccc4n(-c4cc(C(C)(C)C)ccn4)c3c2)cc(N2C=C(C(C)(C)C)N(c3ccc(-c4ccccc4)cc3)C2)c1. The third kappa shape index (κ3) is 7.27. The largest absolute Gasteiger partial charge is 0.457 e. The van der Waals surface area contributed by atoms with Crippen LogP contribution in [0.5, 0.6) is 11.5 Å². The van der Waals surface area contributed by atoms with Gasteiger partial charge in [0.05, 0.1) is 17.7 Å². The number of aryl methyl sites for hydroxylation is 2. The molecule has 1 aliphatic heterocycles. The Hall–Kier alpha value is -6.59. The lowest BCUT2D eigenvalue weighted by Crippen LogP contribution is -2.30. The van der Waals surface area contributed by atoms with E-state index in [0.717, 1.165) is 45.0 Å². The van der Waals surface area contributed by atoms with Crippen LogP contribution in [0.4, 0.5) is 11.4 Å². The molecule has 0 unspecified atom stereocenters. The number of rotatable bonds is 7. The minimum absolute atomic E-state index is 0.00882. The minimum atomic E-state index is -0.0917. The van der Waals surface area contributed by atoms with Crippen LogP contribution in [0, 0.1) is 19.3 Å². The van der Waals surface area contributed by atoms with Crippen LogP contribution in [0.3, 0.4) is 0 Å². The predicted octanol–water partition coefficient (Wildman–Crippen LogP) is 14.4. The number of hydrogen-bond donors (Lipinski definition) is 0. The van der Waals surface area contributed by atoms with E-state index < -0.39 is 0 Å². The Bertz CT molecular complexity index is 2850. The summed E-state index contributed by atoms with van der Waals surface area (Å²) in [6.07, 6.45) is 4.25. The maximum absolute atomic E-state index is 6.96. The molecular formula is C54H52N4O. The molecule has 0 N–H and O–H groups in total. The quantitative estimate of drug-likeness (QED) is 0.162. The smallest absolute Gasteiger partial charge is 0.137 e. The first-order valence-electron chi connectivity index (χ1n) is 20.6. The van der Waals surface area contributed by atoms with Crippen molar-refractivity contribution >= 4 is 33.2 Å². The Labute approximate surface area is 348 Å². The predicted molar refractivity (Wildman–Crippen MR) is 248 cm³/mol. The van der Waals surface area contributed by atoms with Gasteiger partial charge in [-0.05, 0) is 113 Å². The second-order valence-electron chi connectivity index (χ2n) is 18.0. The molecule has 0 amide bonds. The van der Waals surface area contributed by atoms with Crippen molar-refractivity contribution in [2.45, 2.75) is 60.8 Å². The molecule has 5 heteroatoms. The molecule has 2 aromatic heterocycles. The molecule has 0 atom stereocenters. The van der Waals surface area contributed by atoms with Gasteiger partial charge in [-0.1, -0.05) is 120 Å². The molecule has 59 heavy (non-hydrogen) atoms. The van der Waals surface area contributed by atoms with Crippen LogP contribution in [0.2, 0.25) is 0 Å². The summed E-state index contributed by atoms with van der Waals surface area (Å²) in [6.45, 7) is 18.7. The lowest BCUT2D eigenvalue weighted by Gasteiger charge is -2.31. The van der Waals surface area contributed by atoms with Gasteiger partial charge in [0.2, 0.25) is 0 Å². The topological polar surface area (TPSA) is 33.5 Å². The zero-order valence-electron chi connectivity index (χ0n) is 35.4. The van der Waals surface area contributed by atoms with Gasteiger partial charge >= 0.3 is 0 Å². The number of nitrogens with zero attached hydrogens (tertiary/aromatic N) is 4. The van der Waals surface area contributed by atoms with Crippen molar-refractivity contribution in [2.24, 2.45) is 5.41 Å². The molecule has 0 spiro atoms. The molecule has 0 bridgehead atoms. The van der Waals surface area contributed by atoms with E-state index in [9.17, 15) is 0 Å². The lowest BCUT2D eigenvalue weighted by atomic mass is 9.88. The normalized spacial score (nSPS) is 13.4. The van der Waals surface area contributed by atoms with E-state index >= 15 is 0 Å². The van der Waals surface area contributed by atoms with E-state index in [0.29, 0.717) is 6.67 Å². The molecule has 0 saturated heterocycles. The Morgan fingerprint density at radius 3 is 1.97 bits per heavy atom. The number of ether oxygens (including phenoxy) is 1. The highest BCUT2D eigenvalue weighted by molar-refractivity contribution is 6.09. The van der Waals surface area contributed by atoms with Crippen molar-refractivity contribution in [3.63, 3.8) is 0 Å². The van der Waals surface area contributed by atoms with Gasteiger partial charge in [0, 0.05) is 57.8 Å². The average Bonchev–Trinajstić information content (AvgIpc) is 3.82. The zero-order chi connectivity index (χ0) is 41.1. The maximum atomic E-state index is 6.96. The molecule has 3 heterocycles. The molecule has 6 aromatic carbocycles. The highest BCUT2D eigenvalue weighted by Crippen LogP contribution is 2.43. The van der Waals surface area contributed by atoms with Crippen LogP contribution in [0.15, 0.2) is 164 Å². The summed E-state index contributed by atoms with van der Waals surface area (Å²) in [6, 6.07) is 52.1. The average molecular weight is 773 g/mol. The number of allylic oxidation sites excluding steroid dienone is 1. The summed E-state index contributed by atoms with van der Waals surface area (Å²) in [4.78, 5) is 9.71. The van der Waals surface area contributed by atoms with E-state index in [1.54, 1.807) is 0 Å². The number of hydrogen-bond acceptors (Lipinski definition) is 4. The molecule has 0 saturated carbocycles. The Morgan fingerprint density at radius 2 is 1.24 bits per heavy atom. The van der Waals surface area contributed by atoms with Crippen LogP contribution in [-0.2, 0) is 5.41 Å². The molecule has 8 aromatic rings. The van der Waals surface area contributed by atoms with E-state index in [2.05, 4.69) is 222 Å². The first-order chi connectivity index (χ1) is 28.3. The molecule has 0 fully saturated rings. The standard InChI is InChI=1S/C54H52N4O/c1-36-15-14-16-37(2)52(36)40-29-43(56-34-50(54(6,7)8)57(35-56)42-23-21-39(22-24-42)38-17-10-9-11-18-38)32-45(30-40)59-44-25-26-47-46-19-12-13-20-48(46)58(49(47)33-44)51-31-41(27-28-55-51)53(3,4)5/h9-34H,35H2,1-8H3. The molecular weight excluding hydrogens is 721 g/mol. The van der Waals surface area contributed by atoms with Crippen molar-refractivity contribution in [1.29, 1.82) is 0 Å². The minimum Gasteiger partial charge on any atom is -0.457 e. The number of benzene rings is 6. The fourth-order valence-electron chi connectivity index (χ4n) is 8.55. The van der Waals surface area contributed by atoms with Crippen molar-refractivity contribution in [2.75, 3.05) is 16.5 Å². The van der Waals surface area contributed by atoms with Gasteiger partial charge in [0.25, 0.3) is 0 Å². The summed E-state index contributed by atoms with van der Waals surface area (Å²) >= 11 is 0. The van der Waals surface area contributed by atoms with Gasteiger partial charge in [0.1, 0.15) is 17.3 Å². The Morgan fingerprint density at radius 1 is 0.542 bits per heavy atom. The Balaban J connectivity index is 1.13. The third-order valence-corrected chi connectivity index (χ3v) is 11.6. The number of anilines is 2. The summed E-state index contributed by atoms with van der Waals surface area (Å²) in [7, 11) is 0. The molecule has 0 aliphatic carbocycles. The van der Waals surface area contributed by atoms with Crippen LogP contribution in [0.25, 0.3) is 49.9 Å². The lowest BCUT2D eigenvalue weighted by molar-refractivity contribution is 0.483. The summed E-state index contributed by atoms with van der Waals surface area (Å²) < 4.78 is 9.23. The number of para-hydroxylation sites is 1. The zero-order valence-corrected chi connectivity index (χ0v) is 35.4. The van der Waals surface area contributed by atoms with Crippen molar-refractivity contribution in [3.8, 4) is 39.6 Å². The molecule has 294 valence electrons. The van der Waals surface area contributed by atoms with Crippen LogP contribution in [-0.4, -0.2) is 16.2 Å². The molecule has 0 radical (unpaired) electrons. The fraction of sp³-hybridized carbons (Fsp3) is 0.204. The summed E-state index contributed by atoms with van der Waals surface area (Å²) in [5.74, 6) is 2.45. The fourth-order valence-corrected chi connectivity index (χ4v) is 8.55. The first-order valence-corrected chi connectivity index (χ1v) is 20.6. The first kappa shape index (κ1) is 38.0. The van der Waals surface area contributed by atoms with E-state index in [1.165, 1.54) is 50.2 Å². The maximum Gasteiger partial charge on any atom is 0.137 e. The van der Waals surface area contributed by atoms with Gasteiger partial charge in [-0.15, -0.1) is 0 Å². The van der Waals surface area contributed by atoms with Crippen LogP contribution < -0.4 is 14.5 Å². The van der Waals surface area contributed by atoms with Gasteiger partial charge in [-0.2, -0.15) is 0 Å². The van der Waals surface area contributed by atoms with Crippen molar-refractivity contribution in [3.05, 3.63) is 180 Å². The monoisotopic (exact) mass is 772 g/mol. The van der Waals surface area contributed by atoms with Crippen LogP contribution in [0.1, 0.15) is 58.2 Å². The summed E-state index contributed by atoms with van der Waals surface area (Å²) in [5.41, 5.74) is 14.1. The molecule has 1 aliphatic rings. The highest BCUT2D eigenvalue weighted by atomic mass is 16.5. The number of fused-ring (bicyclic) bond motifs is 3. The number of pyridine rings is 1. The van der Waals surface area contributed by atoms with Gasteiger partial charge in [-0.3, -0.25) is 4.57 Å². The third-order valence-electron chi connectivity index (χ3n) is 11.6. The molecule has 5 nitrogen and oxygen atoms in total. The van der Waals surface area contributed by atoms with E-state index in [4.69, 9.17) is 9.72 Å². The second-order valence-corrected chi connectivity index (χ2v) is 18.0. The second kappa shape index (κ2) is 14.7.